The molecule has 2 aromatic heterocycles. The van der Waals surface area contributed by atoms with Crippen LogP contribution in [0.25, 0.3) is 11.6 Å². The van der Waals surface area contributed by atoms with Crippen molar-refractivity contribution >= 4 is 34.8 Å². The van der Waals surface area contributed by atoms with E-state index >= 15 is 0 Å². The number of hydrogen-bond acceptors (Lipinski definition) is 10. The topological polar surface area (TPSA) is 187 Å². The third-order valence-corrected chi connectivity index (χ3v) is 8.07. The molecular weight excluding hydrogens is 558 g/mol. The van der Waals surface area contributed by atoms with Crippen LogP contribution in [0.1, 0.15) is 36.5 Å². The summed E-state index contributed by atoms with van der Waals surface area (Å²) >= 11 is 0. The maximum atomic E-state index is 13.7. The summed E-state index contributed by atoms with van der Waals surface area (Å²) in [6.45, 7) is -1.30. The fraction of sp³-hybridized carbons (Fsp3) is 0.323. The van der Waals surface area contributed by atoms with E-state index in [1.807, 2.05) is 6.07 Å². The monoisotopic (exact) mass is 589 g/mol. The van der Waals surface area contributed by atoms with E-state index in [9.17, 15) is 40.1 Å². The molecule has 0 unspecified atom stereocenters. The number of hydrogen-bond donors (Lipinski definition) is 4. The van der Waals surface area contributed by atoms with Crippen LogP contribution >= 0.6 is 0 Å². The van der Waals surface area contributed by atoms with Crippen LogP contribution in [0.5, 0.6) is 0 Å². The van der Waals surface area contributed by atoms with E-state index in [1.165, 1.54) is 18.2 Å². The van der Waals surface area contributed by atoms with Crippen molar-refractivity contribution in [2.24, 2.45) is 17.8 Å². The number of carbonyl (C=O) groups excluding carboxylic acids is 2. The van der Waals surface area contributed by atoms with Gasteiger partial charge in [0.15, 0.2) is 0 Å². The number of nitro benzene ring substituents is 1. The van der Waals surface area contributed by atoms with Crippen molar-refractivity contribution < 1.29 is 39.4 Å². The Balaban J connectivity index is 1.42. The molecular formula is C31H31N3O9. The van der Waals surface area contributed by atoms with Gasteiger partial charge in [-0.3, -0.25) is 24.7 Å². The van der Waals surface area contributed by atoms with E-state index in [0.717, 1.165) is 16.5 Å². The van der Waals surface area contributed by atoms with Gasteiger partial charge in [0.25, 0.3) is 5.69 Å². The molecule has 3 heterocycles. The first-order valence-corrected chi connectivity index (χ1v) is 13.8. The number of amides is 2. The zero-order valence-corrected chi connectivity index (χ0v) is 23.1. The molecule has 4 atom stereocenters. The second-order valence-corrected chi connectivity index (χ2v) is 10.5. The van der Waals surface area contributed by atoms with E-state index in [2.05, 4.69) is 4.98 Å². The molecule has 3 aromatic rings. The number of non-ortho nitro benzene ring substituents is 1. The van der Waals surface area contributed by atoms with Crippen molar-refractivity contribution in [2.75, 3.05) is 18.1 Å². The van der Waals surface area contributed by atoms with Gasteiger partial charge < -0.3 is 24.8 Å². The Morgan fingerprint density at radius 3 is 2.56 bits per heavy atom. The number of allylic oxidation sites excluding steroid dienone is 1. The molecule has 0 spiro atoms. The number of aromatic nitrogens is 1. The number of aliphatic hydroxyl groups excluding tert-OH is 4. The first-order chi connectivity index (χ1) is 20.8. The summed E-state index contributed by atoms with van der Waals surface area (Å²) in [7, 11) is 0. The maximum absolute atomic E-state index is 13.7. The van der Waals surface area contributed by atoms with Crippen LogP contribution in [-0.4, -0.2) is 61.5 Å². The normalized spacial score (nSPS) is 21.3. The Morgan fingerprint density at radius 1 is 1.09 bits per heavy atom. The first-order valence-electron chi connectivity index (χ1n) is 13.8. The van der Waals surface area contributed by atoms with Crippen molar-refractivity contribution in [3.8, 4) is 0 Å². The zero-order chi connectivity index (χ0) is 30.7. The van der Waals surface area contributed by atoms with E-state index in [4.69, 9.17) is 4.42 Å². The largest absolute Gasteiger partial charge is 0.459 e. The van der Waals surface area contributed by atoms with Gasteiger partial charge in [0.05, 0.1) is 47.5 Å². The van der Waals surface area contributed by atoms with Crippen LogP contribution in [0.4, 0.5) is 11.4 Å². The molecule has 43 heavy (non-hydrogen) atoms. The van der Waals surface area contributed by atoms with Gasteiger partial charge in [0.2, 0.25) is 11.8 Å². The number of carbonyl (C=O) groups is 2. The summed E-state index contributed by atoms with van der Waals surface area (Å²) in [6.07, 6.45) is 2.65. The SMILES string of the molecule is O=C1[C@@H]2[C@@H](CC(CO)=C([C@H](O)CC/C(=C/c3ccc(CO)o3)c3ccccn3)[C@@H]2CO)C(=O)N1c1cccc([N+](=O)[O-])c1. The number of benzene rings is 1. The molecule has 4 N–H and O–H groups in total. The van der Waals surface area contributed by atoms with Crippen molar-refractivity contribution in [1.29, 1.82) is 0 Å². The lowest BCUT2D eigenvalue weighted by Gasteiger charge is -2.36. The summed E-state index contributed by atoms with van der Waals surface area (Å²) in [4.78, 5) is 43.1. The Kier molecular flexibility index (Phi) is 8.92. The highest BCUT2D eigenvalue weighted by atomic mass is 16.6. The number of fused-ring (bicyclic) bond motifs is 1. The quantitative estimate of drug-likeness (QED) is 0.112. The lowest BCUT2D eigenvalue weighted by Crippen LogP contribution is -2.39. The van der Waals surface area contributed by atoms with Crippen molar-refractivity contribution in [3.63, 3.8) is 0 Å². The van der Waals surface area contributed by atoms with Crippen LogP contribution in [0, 0.1) is 27.9 Å². The molecule has 12 nitrogen and oxygen atoms in total. The molecule has 0 bridgehead atoms. The number of furan rings is 1. The third-order valence-electron chi connectivity index (χ3n) is 8.07. The Morgan fingerprint density at radius 2 is 1.91 bits per heavy atom. The second-order valence-electron chi connectivity index (χ2n) is 10.5. The molecule has 2 amide bonds. The second kappa shape index (κ2) is 12.8. The fourth-order valence-electron chi connectivity index (χ4n) is 6.11. The average Bonchev–Trinajstić information content (AvgIpc) is 3.59. The summed E-state index contributed by atoms with van der Waals surface area (Å²) in [5, 5.41) is 52.8. The fourth-order valence-corrected chi connectivity index (χ4v) is 6.11. The van der Waals surface area contributed by atoms with Gasteiger partial charge in [-0.05, 0) is 72.4 Å². The smallest absolute Gasteiger partial charge is 0.271 e. The number of nitrogens with zero attached hydrogens (tertiary/aromatic N) is 3. The molecule has 5 rings (SSSR count). The van der Waals surface area contributed by atoms with Gasteiger partial charge in [0.1, 0.15) is 18.1 Å². The summed E-state index contributed by atoms with van der Waals surface area (Å²) < 4.78 is 5.61. The summed E-state index contributed by atoms with van der Waals surface area (Å²) in [6, 6.07) is 14.0. The minimum absolute atomic E-state index is 0.000665. The molecule has 0 saturated carbocycles. The highest BCUT2D eigenvalue weighted by molar-refractivity contribution is 6.22. The molecule has 1 aromatic carbocycles. The van der Waals surface area contributed by atoms with E-state index in [1.54, 1.807) is 36.5 Å². The average molecular weight is 590 g/mol. The van der Waals surface area contributed by atoms with Gasteiger partial charge in [-0.25, -0.2) is 4.90 Å². The van der Waals surface area contributed by atoms with Gasteiger partial charge in [-0.1, -0.05) is 12.1 Å². The molecule has 1 saturated heterocycles. The van der Waals surface area contributed by atoms with Crippen molar-refractivity contribution in [3.05, 3.63) is 99.3 Å². The highest BCUT2D eigenvalue weighted by Crippen LogP contribution is 2.47. The van der Waals surface area contributed by atoms with Crippen LogP contribution in [0.2, 0.25) is 0 Å². The maximum Gasteiger partial charge on any atom is 0.271 e. The number of aliphatic hydroxyl groups is 4. The molecule has 1 aliphatic carbocycles. The molecule has 2 aliphatic rings. The number of pyridine rings is 1. The van der Waals surface area contributed by atoms with Crippen LogP contribution in [0.3, 0.4) is 0 Å². The molecule has 1 fully saturated rings. The highest BCUT2D eigenvalue weighted by Gasteiger charge is 2.55. The van der Waals surface area contributed by atoms with E-state index < -0.39 is 53.8 Å². The number of nitro groups is 1. The lowest BCUT2D eigenvalue weighted by atomic mass is 9.68. The standard InChI is InChI=1S/C31H31N3O9/c35-15-19-13-24-29(31(40)33(30(24)39)20-4-3-5-21(14-20)34(41)42)25(17-37)28(19)27(38)10-7-18(26-6-1-2-11-32-26)12-22-8-9-23(16-36)43-22/h1-6,8-9,11-12,14,24-25,27,29,35-38H,7,10,13,15-17H2/b18-12-/t24-,25+,27-,29-/m1/s1. The minimum Gasteiger partial charge on any atom is -0.459 e. The number of imide groups is 1. The van der Waals surface area contributed by atoms with Gasteiger partial charge in [-0.15, -0.1) is 0 Å². The molecule has 1 aliphatic heterocycles. The number of rotatable bonds is 11. The van der Waals surface area contributed by atoms with Gasteiger partial charge in [0, 0.05) is 24.2 Å². The van der Waals surface area contributed by atoms with E-state index in [-0.39, 0.29) is 30.8 Å². The van der Waals surface area contributed by atoms with Crippen LogP contribution in [-0.2, 0) is 16.2 Å². The third kappa shape index (κ3) is 5.90. The van der Waals surface area contributed by atoms with Crippen LogP contribution < -0.4 is 4.90 Å². The predicted molar refractivity (Wildman–Crippen MR) is 154 cm³/mol. The Bertz CT molecular complexity index is 1580. The molecule has 0 radical (unpaired) electrons. The van der Waals surface area contributed by atoms with Gasteiger partial charge in [-0.2, -0.15) is 0 Å². The van der Waals surface area contributed by atoms with E-state index in [0.29, 0.717) is 34.8 Å². The number of anilines is 1. The predicted octanol–water partition coefficient (Wildman–Crippen LogP) is 2.86. The lowest BCUT2D eigenvalue weighted by molar-refractivity contribution is -0.384. The van der Waals surface area contributed by atoms with Crippen molar-refractivity contribution in [2.45, 2.75) is 32.0 Å². The van der Waals surface area contributed by atoms with Crippen molar-refractivity contribution in [1.82, 2.24) is 4.98 Å². The summed E-state index contributed by atoms with van der Waals surface area (Å²) in [5.74, 6) is -3.18. The van der Waals surface area contributed by atoms with Gasteiger partial charge >= 0.3 is 0 Å². The van der Waals surface area contributed by atoms with Crippen LogP contribution in [0.15, 0.2) is 76.4 Å². The Hall–Kier alpha value is -4.49. The zero-order valence-electron chi connectivity index (χ0n) is 23.1. The summed E-state index contributed by atoms with van der Waals surface area (Å²) in [5.41, 5.74) is 1.82. The minimum atomic E-state index is -1.17. The molecule has 12 heteroatoms. The Labute approximate surface area is 246 Å². The molecule has 224 valence electrons. The first kappa shape index (κ1) is 30.0.